The number of carbonyl (C=O) groups is 3. The fraction of sp³-hybridized carbons (Fsp3) is 0.304. The van der Waals surface area contributed by atoms with E-state index in [4.69, 9.17) is 0 Å². The van der Waals surface area contributed by atoms with Crippen LogP contribution in [-0.4, -0.2) is 71.5 Å². The molecular weight excluding hydrogens is 440 g/mol. The Bertz CT molecular complexity index is 1280. The van der Waals surface area contributed by atoms with Gasteiger partial charge in [0.2, 0.25) is 0 Å². The van der Waals surface area contributed by atoms with E-state index in [2.05, 4.69) is 21.4 Å². The Morgan fingerprint density at radius 2 is 1.94 bits per heavy atom. The Morgan fingerprint density at radius 3 is 2.73 bits per heavy atom. The number of anilines is 3. The van der Waals surface area contributed by atoms with E-state index in [9.17, 15) is 14.4 Å². The van der Waals surface area contributed by atoms with E-state index in [1.165, 1.54) is 16.2 Å². The zero-order chi connectivity index (χ0) is 23.3. The normalized spacial score (nSPS) is 14.8. The van der Waals surface area contributed by atoms with Crippen molar-refractivity contribution in [2.24, 2.45) is 0 Å². The molecule has 0 unspecified atom stereocenters. The van der Waals surface area contributed by atoms with Crippen LogP contribution in [0, 0.1) is 0 Å². The molecule has 170 valence electrons. The quantitative estimate of drug-likeness (QED) is 0.641. The second kappa shape index (κ2) is 8.04. The second-order valence-corrected chi connectivity index (χ2v) is 9.35. The molecule has 0 atom stereocenters. The van der Waals surface area contributed by atoms with E-state index < -0.39 is 0 Å². The maximum Gasteiger partial charge on any atom is 0.263 e. The Morgan fingerprint density at radius 1 is 1.12 bits per heavy atom. The highest BCUT2D eigenvalue weighted by atomic mass is 32.1. The molecule has 0 saturated heterocycles. The summed E-state index contributed by atoms with van der Waals surface area (Å²) in [7, 11) is 5.18. The minimum Gasteiger partial charge on any atom is -0.344 e. The van der Waals surface area contributed by atoms with Crippen LogP contribution in [0.5, 0.6) is 0 Å². The molecule has 5 rings (SSSR count). The number of nitrogens with zero attached hydrogens (tertiary/aromatic N) is 5. The monoisotopic (exact) mass is 464 g/mol. The number of amides is 3. The number of thiophene rings is 1. The van der Waals surface area contributed by atoms with Crippen molar-refractivity contribution in [3.63, 3.8) is 0 Å². The first kappa shape index (κ1) is 21.2. The zero-order valence-corrected chi connectivity index (χ0v) is 19.5. The maximum absolute atomic E-state index is 12.7. The summed E-state index contributed by atoms with van der Waals surface area (Å²) in [5, 5.41) is 9.03. The average Bonchev–Trinajstić information content (AvgIpc) is 3.51. The standard InChI is InChI=1S/C23H24N6O3S/c1-26(2)23(32)18-11-15(13-33-18)21(30)24-19-12-20-28(8-9-29(20)25-19)16-4-5-17-14(10-16)6-7-27(3)22(17)31/h4-5,10-13H,6-9H2,1-3H3,(H,24,25,30). The molecule has 0 saturated carbocycles. The van der Waals surface area contributed by atoms with Gasteiger partial charge in [0.1, 0.15) is 5.82 Å². The number of carbonyl (C=O) groups excluding carboxylic acids is 3. The third-order valence-corrected chi connectivity index (χ3v) is 6.90. The van der Waals surface area contributed by atoms with Gasteiger partial charge in [-0.05, 0) is 36.2 Å². The van der Waals surface area contributed by atoms with Crippen molar-refractivity contribution < 1.29 is 14.4 Å². The summed E-state index contributed by atoms with van der Waals surface area (Å²) in [5.41, 5.74) is 3.26. The average molecular weight is 465 g/mol. The number of aromatic nitrogens is 2. The van der Waals surface area contributed by atoms with E-state index in [1.54, 1.807) is 30.4 Å². The van der Waals surface area contributed by atoms with Crippen LogP contribution in [0.1, 0.15) is 36.0 Å². The van der Waals surface area contributed by atoms with Crippen molar-refractivity contribution in [2.75, 3.05) is 44.4 Å². The second-order valence-electron chi connectivity index (χ2n) is 8.43. The summed E-state index contributed by atoms with van der Waals surface area (Å²) < 4.78 is 1.86. The van der Waals surface area contributed by atoms with Crippen molar-refractivity contribution in [3.05, 3.63) is 57.3 Å². The molecule has 0 spiro atoms. The summed E-state index contributed by atoms with van der Waals surface area (Å²) in [4.78, 5) is 43.0. The summed E-state index contributed by atoms with van der Waals surface area (Å²) in [6.45, 7) is 2.18. The molecule has 33 heavy (non-hydrogen) atoms. The van der Waals surface area contributed by atoms with E-state index in [0.717, 1.165) is 35.6 Å². The van der Waals surface area contributed by atoms with Gasteiger partial charge in [-0.2, -0.15) is 5.10 Å². The fourth-order valence-electron chi connectivity index (χ4n) is 4.16. The lowest BCUT2D eigenvalue weighted by Crippen LogP contribution is -2.34. The zero-order valence-electron chi connectivity index (χ0n) is 18.7. The Balaban J connectivity index is 1.34. The van der Waals surface area contributed by atoms with E-state index in [1.807, 2.05) is 29.9 Å². The van der Waals surface area contributed by atoms with Gasteiger partial charge < -0.3 is 20.0 Å². The smallest absolute Gasteiger partial charge is 0.263 e. The molecule has 1 aromatic carbocycles. The summed E-state index contributed by atoms with van der Waals surface area (Å²) in [5.74, 6) is 0.973. The lowest BCUT2D eigenvalue weighted by atomic mass is 9.98. The molecule has 1 N–H and O–H groups in total. The number of hydrogen-bond donors (Lipinski definition) is 1. The van der Waals surface area contributed by atoms with Crippen LogP contribution in [-0.2, 0) is 13.0 Å². The molecule has 0 bridgehead atoms. The molecule has 0 fully saturated rings. The SMILES string of the molecule is CN(C)C(=O)c1cc(C(=O)Nc2cc3n(n2)CCN3c2ccc3c(c2)CCN(C)C3=O)cs1. The molecule has 2 aliphatic rings. The predicted octanol–water partition coefficient (Wildman–Crippen LogP) is 2.68. The minimum atomic E-state index is -0.302. The topological polar surface area (TPSA) is 90.8 Å². The molecule has 0 radical (unpaired) electrons. The van der Waals surface area contributed by atoms with Crippen molar-refractivity contribution in [3.8, 4) is 0 Å². The molecule has 2 aromatic heterocycles. The van der Waals surface area contributed by atoms with Gasteiger partial charge in [-0.3, -0.25) is 14.4 Å². The van der Waals surface area contributed by atoms with Gasteiger partial charge in [0, 0.05) is 56.9 Å². The van der Waals surface area contributed by atoms with Crippen LogP contribution < -0.4 is 10.2 Å². The van der Waals surface area contributed by atoms with Gasteiger partial charge in [-0.15, -0.1) is 11.3 Å². The first-order chi connectivity index (χ1) is 15.8. The Hall–Kier alpha value is -3.66. The summed E-state index contributed by atoms with van der Waals surface area (Å²) >= 11 is 1.25. The van der Waals surface area contributed by atoms with Crippen molar-refractivity contribution in [2.45, 2.75) is 13.0 Å². The van der Waals surface area contributed by atoms with Crippen LogP contribution in [0.4, 0.5) is 17.3 Å². The Labute approximate surface area is 195 Å². The third kappa shape index (κ3) is 3.76. The number of rotatable bonds is 4. The minimum absolute atomic E-state index is 0.0585. The molecule has 9 nitrogen and oxygen atoms in total. The number of benzene rings is 1. The van der Waals surface area contributed by atoms with Gasteiger partial charge in [0.05, 0.1) is 17.0 Å². The summed E-state index contributed by atoms with van der Waals surface area (Å²) in [6, 6.07) is 9.39. The fourth-order valence-corrected chi connectivity index (χ4v) is 5.06. The number of likely N-dealkylation sites (N-methyl/N-ethyl adjacent to an activating group) is 1. The molecule has 10 heteroatoms. The van der Waals surface area contributed by atoms with E-state index in [-0.39, 0.29) is 17.7 Å². The van der Waals surface area contributed by atoms with Gasteiger partial charge in [0.15, 0.2) is 5.82 Å². The first-order valence-corrected chi connectivity index (χ1v) is 11.5. The lowest BCUT2D eigenvalue weighted by molar-refractivity contribution is 0.0779. The van der Waals surface area contributed by atoms with Crippen LogP contribution in [0.15, 0.2) is 35.7 Å². The van der Waals surface area contributed by atoms with Gasteiger partial charge in [-0.25, -0.2) is 4.68 Å². The highest BCUT2D eigenvalue weighted by molar-refractivity contribution is 7.12. The van der Waals surface area contributed by atoms with Crippen LogP contribution in [0.2, 0.25) is 0 Å². The highest BCUT2D eigenvalue weighted by Crippen LogP contribution is 2.34. The maximum atomic E-state index is 12.7. The van der Waals surface area contributed by atoms with Crippen molar-refractivity contribution in [1.82, 2.24) is 19.6 Å². The molecule has 2 aliphatic heterocycles. The molecule has 4 heterocycles. The highest BCUT2D eigenvalue weighted by Gasteiger charge is 2.27. The molecular formula is C23H24N6O3S. The summed E-state index contributed by atoms with van der Waals surface area (Å²) in [6.07, 6.45) is 0.832. The number of nitrogens with one attached hydrogen (secondary N) is 1. The lowest BCUT2D eigenvalue weighted by Gasteiger charge is -2.26. The van der Waals surface area contributed by atoms with Crippen LogP contribution in [0.25, 0.3) is 0 Å². The van der Waals surface area contributed by atoms with Crippen LogP contribution >= 0.6 is 11.3 Å². The third-order valence-electron chi connectivity index (χ3n) is 5.99. The predicted molar refractivity (Wildman–Crippen MR) is 127 cm³/mol. The molecule has 3 amide bonds. The molecule has 0 aliphatic carbocycles. The van der Waals surface area contributed by atoms with Gasteiger partial charge in [-0.1, -0.05) is 0 Å². The number of fused-ring (bicyclic) bond motifs is 2. The Kier molecular flexibility index (Phi) is 5.16. The van der Waals surface area contributed by atoms with Crippen molar-refractivity contribution in [1.29, 1.82) is 0 Å². The van der Waals surface area contributed by atoms with Gasteiger partial charge in [0.25, 0.3) is 17.7 Å². The first-order valence-electron chi connectivity index (χ1n) is 10.7. The van der Waals surface area contributed by atoms with E-state index >= 15 is 0 Å². The van der Waals surface area contributed by atoms with Crippen LogP contribution in [0.3, 0.4) is 0 Å². The largest absolute Gasteiger partial charge is 0.344 e. The number of hydrogen-bond acceptors (Lipinski definition) is 6. The van der Waals surface area contributed by atoms with E-state index in [0.29, 0.717) is 29.3 Å². The van der Waals surface area contributed by atoms with Gasteiger partial charge >= 0.3 is 0 Å². The molecule has 3 aromatic rings. The van der Waals surface area contributed by atoms with Crippen molar-refractivity contribution >= 4 is 46.4 Å².